The van der Waals surface area contributed by atoms with Gasteiger partial charge in [-0.05, 0) is 43.4 Å². The van der Waals surface area contributed by atoms with E-state index in [1.165, 1.54) is 7.05 Å². The first-order chi connectivity index (χ1) is 18.2. The Bertz CT molecular complexity index is 1150. The summed E-state index contributed by atoms with van der Waals surface area (Å²) in [5, 5.41) is 3.64. The van der Waals surface area contributed by atoms with E-state index in [4.69, 9.17) is 16.3 Å². The van der Waals surface area contributed by atoms with Crippen LogP contribution in [-0.4, -0.2) is 84.3 Å². The molecule has 0 aromatic heterocycles. The van der Waals surface area contributed by atoms with E-state index >= 15 is 0 Å². The second kappa shape index (κ2) is 9.61. The van der Waals surface area contributed by atoms with Gasteiger partial charge in [0.1, 0.15) is 5.54 Å². The summed E-state index contributed by atoms with van der Waals surface area (Å²) in [7, 11) is 1.29. The Hall–Kier alpha value is -2.40. The minimum Gasteiger partial charge on any atom is -0.439 e. The van der Waals surface area contributed by atoms with Gasteiger partial charge in [-0.15, -0.1) is 0 Å². The Morgan fingerprint density at radius 1 is 1.08 bits per heavy atom. The first-order valence-corrected chi connectivity index (χ1v) is 13.6. The lowest BCUT2D eigenvalue weighted by Gasteiger charge is -2.46. The number of carbonyl (C=O) groups is 3. The number of alkyl halides is 4. The lowest BCUT2D eigenvalue weighted by Crippen LogP contribution is -2.66. The number of nitrogens with one attached hydrogen (secondary N) is 1. The molecule has 39 heavy (non-hydrogen) atoms. The molecule has 0 spiro atoms. The fourth-order valence-electron chi connectivity index (χ4n) is 6.13. The number of Topliss-reactive ketones (excluding diaryl/α,β-unsaturated/α-hetero) is 1. The zero-order chi connectivity index (χ0) is 28.4. The third kappa shape index (κ3) is 4.59. The summed E-state index contributed by atoms with van der Waals surface area (Å²) in [5.74, 6) is -10.0. The summed E-state index contributed by atoms with van der Waals surface area (Å²) in [4.78, 5) is 43.1. The van der Waals surface area contributed by atoms with Crippen molar-refractivity contribution in [2.75, 3.05) is 33.2 Å². The second-order valence-corrected chi connectivity index (χ2v) is 12.1. The van der Waals surface area contributed by atoms with E-state index in [9.17, 15) is 31.9 Å². The minimum atomic E-state index is -4.48. The molecule has 0 bridgehead atoms. The number of hydrogen-bond acceptors (Lipinski definition) is 5. The van der Waals surface area contributed by atoms with E-state index in [-0.39, 0.29) is 23.7 Å². The molecule has 2 heterocycles. The molecule has 2 aliphatic heterocycles. The summed E-state index contributed by atoms with van der Waals surface area (Å²) >= 11 is 6.06. The second-order valence-electron chi connectivity index (χ2n) is 11.6. The van der Waals surface area contributed by atoms with Gasteiger partial charge >= 0.3 is 17.9 Å². The highest BCUT2D eigenvalue weighted by Gasteiger charge is 2.74. The number of rotatable bonds is 6. The van der Waals surface area contributed by atoms with Crippen LogP contribution in [0.4, 0.5) is 22.4 Å². The van der Waals surface area contributed by atoms with E-state index in [1.54, 1.807) is 29.2 Å². The lowest BCUT2D eigenvalue weighted by molar-refractivity contribution is -0.330. The molecule has 12 heteroatoms. The van der Waals surface area contributed by atoms with Gasteiger partial charge in [0.15, 0.2) is 11.9 Å². The van der Waals surface area contributed by atoms with Gasteiger partial charge in [-0.25, -0.2) is 4.79 Å². The van der Waals surface area contributed by atoms with Crippen molar-refractivity contribution in [1.29, 1.82) is 0 Å². The zero-order valence-corrected chi connectivity index (χ0v) is 22.6. The highest BCUT2D eigenvalue weighted by Crippen LogP contribution is 2.53. The van der Waals surface area contributed by atoms with E-state index in [0.29, 0.717) is 43.1 Å². The third-order valence-electron chi connectivity index (χ3n) is 9.14. The number of halogens is 5. The minimum absolute atomic E-state index is 0.0269. The Labute approximate surface area is 229 Å². The van der Waals surface area contributed by atoms with Gasteiger partial charge in [0, 0.05) is 55.5 Å². The van der Waals surface area contributed by atoms with Crippen molar-refractivity contribution in [2.24, 2.45) is 11.3 Å². The van der Waals surface area contributed by atoms with Gasteiger partial charge in [-0.1, -0.05) is 30.7 Å². The number of amides is 2. The SMILES string of the molecule is CN(C(=O)OC1CC(F)(F)C1(F)F)[C@]1(C(=O)C2CCN(C(=O)C3(C)CC3)CC2)CNC[C@H]1c1ccc(Cl)cc1. The topological polar surface area (TPSA) is 79.0 Å². The van der Waals surface area contributed by atoms with Crippen LogP contribution in [-0.2, 0) is 14.3 Å². The van der Waals surface area contributed by atoms with Crippen LogP contribution >= 0.6 is 11.6 Å². The van der Waals surface area contributed by atoms with E-state index in [1.807, 2.05) is 6.92 Å². The van der Waals surface area contributed by atoms with E-state index in [2.05, 4.69) is 5.32 Å². The maximum absolute atomic E-state index is 14.3. The van der Waals surface area contributed by atoms with Crippen molar-refractivity contribution in [3.05, 3.63) is 34.9 Å². The number of ketones is 1. The molecule has 4 aliphatic rings. The third-order valence-corrected chi connectivity index (χ3v) is 9.39. The smallest absolute Gasteiger partial charge is 0.410 e. The Morgan fingerprint density at radius 2 is 1.69 bits per heavy atom. The van der Waals surface area contributed by atoms with Crippen molar-refractivity contribution >= 4 is 29.4 Å². The van der Waals surface area contributed by atoms with Gasteiger partial charge in [-0.2, -0.15) is 17.6 Å². The monoisotopic (exact) mass is 573 g/mol. The fourth-order valence-corrected chi connectivity index (χ4v) is 6.25. The molecule has 1 aromatic rings. The number of likely N-dealkylation sites (tertiary alicyclic amines) is 1. The predicted molar refractivity (Wildman–Crippen MR) is 134 cm³/mol. The van der Waals surface area contributed by atoms with Crippen LogP contribution in [0.15, 0.2) is 24.3 Å². The molecule has 1 N–H and O–H groups in total. The number of carbonyl (C=O) groups excluding carboxylic acids is 3. The van der Waals surface area contributed by atoms with Crippen LogP contribution in [0, 0.1) is 11.3 Å². The quantitative estimate of drug-likeness (QED) is 0.508. The molecular formula is C27H32ClF4N3O4. The Morgan fingerprint density at radius 3 is 2.23 bits per heavy atom. The molecule has 2 saturated carbocycles. The summed E-state index contributed by atoms with van der Waals surface area (Å²) in [5.41, 5.74) is -1.14. The molecule has 214 valence electrons. The van der Waals surface area contributed by atoms with Gasteiger partial charge < -0.3 is 15.0 Å². The van der Waals surface area contributed by atoms with Crippen LogP contribution in [0.2, 0.25) is 5.02 Å². The van der Waals surface area contributed by atoms with Gasteiger partial charge in [0.05, 0.1) is 6.42 Å². The average molecular weight is 574 g/mol. The van der Waals surface area contributed by atoms with E-state index < -0.39 is 47.8 Å². The zero-order valence-electron chi connectivity index (χ0n) is 21.8. The first kappa shape index (κ1) is 28.1. The van der Waals surface area contributed by atoms with Crippen LogP contribution in [0.5, 0.6) is 0 Å². The molecule has 2 amide bonds. The summed E-state index contributed by atoms with van der Waals surface area (Å²) in [6, 6.07) is 6.78. The van der Waals surface area contributed by atoms with Crippen molar-refractivity contribution in [3.8, 4) is 0 Å². The van der Waals surface area contributed by atoms with E-state index in [0.717, 1.165) is 17.7 Å². The first-order valence-electron chi connectivity index (χ1n) is 13.2. The Kier molecular flexibility index (Phi) is 6.93. The van der Waals surface area contributed by atoms with Crippen molar-refractivity contribution < 1.29 is 36.7 Å². The molecule has 2 saturated heterocycles. The van der Waals surface area contributed by atoms with Gasteiger partial charge in [0.25, 0.3) is 0 Å². The molecule has 7 nitrogen and oxygen atoms in total. The number of piperidine rings is 1. The predicted octanol–water partition coefficient (Wildman–Crippen LogP) is 4.48. The maximum Gasteiger partial charge on any atom is 0.410 e. The van der Waals surface area contributed by atoms with Gasteiger partial charge in [-0.3, -0.25) is 14.5 Å². The molecule has 5 rings (SSSR count). The van der Waals surface area contributed by atoms with Crippen LogP contribution in [0.3, 0.4) is 0 Å². The normalized spacial score (nSPS) is 30.8. The number of hydrogen-bond donors (Lipinski definition) is 1. The highest BCUT2D eigenvalue weighted by atomic mass is 35.5. The average Bonchev–Trinajstić information content (AvgIpc) is 3.51. The highest BCUT2D eigenvalue weighted by molar-refractivity contribution is 6.30. The summed E-state index contributed by atoms with van der Waals surface area (Å²) in [6.45, 7) is 3.07. The van der Waals surface area contributed by atoms with Crippen LogP contribution in [0.25, 0.3) is 0 Å². The van der Waals surface area contributed by atoms with Gasteiger partial charge in [0.2, 0.25) is 5.91 Å². The molecule has 1 aromatic carbocycles. The molecular weight excluding hydrogens is 542 g/mol. The van der Waals surface area contributed by atoms with Crippen LogP contribution < -0.4 is 5.32 Å². The lowest BCUT2D eigenvalue weighted by atomic mass is 9.72. The number of likely N-dealkylation sites (N-methyl/N-ethyl adjacent to an activating group) is 1. The van der Waals surface area contributed by atoms with Crippen molar-refractivity contribution in [3.63, 3.8) is 0 Å². The molecule has 0 radical (unpaired) electrons. The van der Waals surface area contributed by atoms with Crippen LogP contribution in [0.1, 0.15) is 50.5 Å². The van der Waals surface area contributed by atoms with Crippen molar-refractivity contribution in [2.45, 2.75) is 68.4 Å². The fraction of sp³-hybridized carbons (Fsp3) is 0.667. The number of nitrogens with zero attached hydrogens (tertiary/aromatic N) is 2. The summed E-state index contributed by atoms with van der Waals surface area (Å²) < 4.78 is 59.5. The number of benzene rings is 1. The molecule has 3 atom stereocenters. The molecule has 4 fully saturated rings. The largest absolute Gasteiger partial charge is 0.439 e. The number of ether oxygens (including phenoxy) is 1. The molecule has 1 unspecified atom stereocenters. The maximum atomic E-state index is 14.3. The summed E-state index contributed by atoms with van der Waals surface area (Å²) in [6.07, 6.45) is -2.35. The van der Waals surface area contributed by atoms with Crippen molar-refractivity contribution in [1.82, 2.24) is 15.1 Å². The molecule has 2 aliphatic carbocycles. The standard InChI is InChI=1S/C27H32ClF4N3O4/c1-24(9-10-24)22(37)35-11-7-17(8-12-35)21(36)25(15-33-14-19(25)16-3-5-18(28)6-4-16)34(2)23(38)39-20-13-26(29,30)27(20,31)32/h3-6,17,19-20,33H,7-15H2,1-2H3/t19-,20?,25+/m0/s1. The Balaban J connectivity index is 1.40.